The molecular formula is C8H14P. The molecule has 0 amide bonds. The van der Waals surface area contributed by atoms with E-state index in [2.05, 4.69) is 0 Å². The van der Waals surface area contributed by atoms with Gasteiger partial charge in [-0.3, -0.25) is 0 Å². The van der Waals surface area contributed by atoms with Crippen LogP contribution < -0.4 is 0 Å². The Morgan fingerprint density at radius 1 is 0.778 bits per heavy atom. The van der Waals surface area contributed by atoms with Gasteiger partial charge < -0.3 is 0 Å². The molecule has 0 atom stereocenters. The monoisotopic (exact) mass is 141 g/mol. The van der Waals surface area contributed by atoms with Gasteiger partial charge in [0, 0.05) is 0 Å². The fraction of sp³-hybridized carbons (Fsp3) is 1.00. The maximum atomic E-state index is 1.81. The minimum absolute atomic E-state index is 1.12. The molecule has 51 valence electrons. The molecule has 2 heterocycles. The van der Waals surface area contributed by atoms with Crippen LogP contribution in [0.2, 0.25) is 0 Å². The average Bonchev–Trinajstić information content (AvgIpc) is 1.88. The Balaban J connectivity index is 1.96. The van der Waals surface area contributed by atoms with Crippen LogP contribution in [0.4, 0.5) is 0 Å². The van der Waals surface area contributed by atoms with Crippen molar-refractivity contribution in [2.24, 2.45) is 0 Å². The molecule has 1 heteroatoms. The summed E-state index contributed by atoms with van der Waals surface area (Å²) in [5.74, 6) is 0. The number of rotatable bonds is 0. The first-order valence-electron chi connectivity index (χ1n) is 4.15. The first-order valence-corrected chi connectivity index (χ1v) is 5.18. The van der Waals surface area contributed by atoms with Gasteiger partial charge in [0.05, 0.1) is 0 Å². The van der Waals surface area contributed by atoms with Crippen molar-refractivity contribution in [2.75, 3.05) is 0 Å². The zero-order valence-electron chi connectivity index (χ0n) is 5.84. The van der Waals surface area contributed by atoms with Gasteiger partial charge in [0.1, 0.15) is 0 Å². The Morgan fingerprint density at radius 3 is 1.56 bits per heavy atom. The summed E-state index contributed by atoms with van der Waals surface area (Å²) in [7, 11) is 1.81. The van der Waals surface area contributed by atoms with E-state index in [9.17, 15) is 0 Å². The second kappa shape index (κ2) is 2.58. The van der Waals surface area contributed by atoms with Crippen LogP contribution in [-0.2, 0) is 0 Å². The lowest BCUT2D eigenvalue weighted by Crippen LogP contribution is -2.20. The molecule has 1 radical (unpaired) electrons. The summed E-state index contributed by atoms with van der Waals surface area (Å²) in [6, 6.07) is 0. The van der Waals surface area contributed by atoms with Crippen LogP contribution in [0.15, 0.2) is 0 Å². The molecule has 0 N–H and O–H groups in total. The van der Waals surface area contributed by atoms with Gasteiger partial charge in [-0.25, -0.2) is 0 Å². The molecule has 0 unspecified atom stereocenters. The highest BCUT2D eigenvalue weighted by molar-refractivity contribution is 7.39. The van der Waals surface area contributed by atoms with E-state index in [1.807, 2.05) is 8.58 Å². The van der Waals surface area contributed by atoms with Crippen molar-refractivity contribution in [1.82, 2.24) is 0 Å². The maximum Gasteiger partial charge on any atom is -0.0168 e. The molecule has 0 aromatic carbocycles. The van der Waals surface area contributed by atoms with Crippen LogP contribution >= 0.6 is 8.58 Å². The van der Waals surface area contributed by atoms with Gasteiger partial charge in [-0.2, -0.15) is 0 Å². The third-order valence-electron chi connectivity index (χ3n) is 2.57. The topological polar surface area (TPSA) is 0 Å². The Kier molecular flexibility index (Phi) is 1.77. The fourth-order valence-electron chi connectivity index (χ4n) is 2.06. The van der Waals surface area contributed by atoms with E-state index in [0.29, 0.717) is 0 Å². The first-order chi connectivity index (χ1) is 4.45. The SMILES string of the molecule is C1CC2CCCC(C1)[P]2. The zero-order chi connectivity index (χ0) is 6.10. The Bertz CT molecular complexity index is 80.7. The van der Waals surface area contributed by atoms with Gasteiger partial charge in [-0.15, -0.1) is 0 Å². The zero-order valence-corrected chi connectivity index (χ0v) is 6.74. The summed E-state index contributed by atoms with van der Waals surface area (Å²) >= 11 is 0. The normalized spacial score (nSPS) is 45.3. The molecule has 0 aromatic rings. The quantitative estimate of drug-likeness (QED) is 0.455. The number of hydrogen-bond acceptors (Lipinski definition) is 0. The van der Waals surface area contributed by atoms with E-state index in [-0.39, 0.29) is 0 Å². The highest BCUT2D eigenvalue weighted by Gasteiger charge is 2.25. The summed E-state index contributed by atoms with van der Waals surface area (Å²) in [5, 5.41) is 0. The molecular weight excluding hydrogens is 127 g/mol. The predicted octanol–water partition coefficient (Wildman–Crippen LogP) is 3.04. The molecule has 0 saturated carbocycles. The molecule has 0 nitrogen and oxygen atoms in total. The summed E-state index contributed by atoms with van der Waals surface area (Å²) in [6.45, 7) is 0. The van der Waals surface area contributed by atoms with Crippen LogP contribution in [0.1, 0.15) is 38.5 Å². The molecule has 0 spiro atoms. The van der Waals surface area contributed by atoms with Crippen LogP contribution in [0.25, 0.3) is 0 Å². The molecule has 2 aliphatic heterocycles. The van der Waals surface area contributed by atoms with Gasteiger partial charge in [-0.1, -0.05) is 21.4 Å². The Morgan fingerprint density at radius 2 is 1.22 bits per heavy atom. The molecule has 2 fully saturated rings. The van der Waals surface area contributed by atoms with Gasteiger partial charge in [0.2, 0.25) is 0 Å². The van der Waals surface area contributed by atoms with Crippen molar-refractivity contribution in [3.63, 3.8) is 0 Å². The molecule has 2 bridgehead atoms. The van der Waals surface area contributed by atoms with Gasteiger partial charge in [-0.05, 0) is 37.0 Å². The van der Waals surface area contributed by atoms with E-state index in [1.54, 1.807) is 0 Å². The molecule has 2 saturated heterocycles. The minimum Gasteiger partial charge on any atom is -0.0741 e. The number of hydrogen-bond donors (Lipinski definition) is 0. The van der Waals surface area contributed by atoms with Gasteiger partial charge >= 0.3 is 0 Å². The maximum absolute atomic E-state index is 1.81. The van der Waals surface area contributed by atoms with E-state index < -0.39 is 0 Å². The summed E-state index contributed by atoms with van der Waals surface area (Å²) < 4.78 is 0. The molecule has 0 aliphatic carbocycles. The second-order valence-electron chi connectivity index (χ2n) is 3.32. The van der Waals surface area contributed by atoms with Gasteiger partial charge in [0.15, 0.2) is 0 Å². The molecule has 2 aliphatic rings. The van der Waals surface area contributed by atoms with Gasteiger partial charge in [0.25, 0.3) is 0 Å². The fourth-order valence-corrected chi connectivity index (χ4v) is 3.99. The summed E-state index contributed by atoms with van der Waals surface area (Å²) in [4.78, 5) is 0. The van der Waals surface area contributed by atoms with Crippen molar-refractivity contribution >= 4 is 8.58 Å². The van der Waals surface area contributed by atoms with Crippen LogP contribution in [0, 0.1) is 0 Å². The minimum atomic E-state index is 1.12. The highest BCUT2D eigenvalue weighted by atomic mass is 31.1. The Labute approximate surface area is 59.2 Å². The smallest absolute Gasteiger partial charge is 0.0168 e. The first kappa shape index (κ1) is 6.16. The van der Waals surface area contributed by atoms with Crippen LogP contribution in [0.5, 0.6) is 0 Å². The largest absolute Gasteiger partial charge is 0.0741 e. The summed E-state index contributed by atoms with van der Waals surface area (Å²) in [6.07, 6.45) is 9.22. The third-order valence-corrected chi connectivity index (χ3v) is 4.45. The van der Waals surface area contributed by atoms with Crippen molar-refractivity contribution in [1.29, 1.82) is 0 Å². The third kappa shape index (κ3) is 1.29. The van der Waals surface area contributed by atoms with Crippen LogP contribution in [0.3, 0.4) is 0 Å². The van der Waals surface area contributed by atoms with E-state index >= 15 is 0 Å². The standard InChI is InChI=1S/C8H14P/c1-3-7-5-2-6-8(4-1)9-7/h7-8H,1-6H2. The highest BCUT2D eigenvalue weighted by Crippen LogP contribution is 2.45. The lowest BCUT2D eigenvalue weighted by atomic mass is 9.99. The molecule has 0 aromatic heterocycles. The lowest BCUT2D eigenvalue weighted by molar-refractivity contribution is 0.483. The van der Waals surface area contributed by atoms with E-state index in [1.165, 1.54) is 38.5 Å². The molecule has 2 rings (SSSR count). The Hall–Kier alpha value is 0.430. The lowest BCUT2D eigenvalue weighted by Gasteiger charge is -2.33. The number of fused-ring (bicyclic) bond motifs is 2. The molecule has 9 heavy (non-hydrogen) atoms. The average molecular weight is 141 g/mol. The van der Waals surface area contributed by atoms with Crippen molar-refractivity contribution in [3.05, 3.63) is 0 Å². The van der Waals surface area contributed by atoms with Crippen LogP contribution in [-0.4, -0.2) is 11.3 Å². The van der Waals surface area contributed by atoms with Crippen molar-refractivity contribution < 1.29 is 0 Å². The predicted molar refractivity (Wildman–Crippen MR) is 42.2 cm³/mol. The van der Waals surface area contributed by atoms with E-state index in [4.69, 9.17) is 0 Å². The second-order valence-corrected chi connectivity index (χ2v) is 5.08. The van der Waals surface area contributed by atoms with Crippen molar-refractivity contribution in [3.8, 4) is 0 Å². The van der Waals surface area contributed by atoms with Crippen molar-refractivity contribution in [2.45, 2.75) is 49.8 Å². The van der Waals surface area contributed by atoms with E-state index in [0.717, 1.165) is 11.3 Å². The summed E-state index contributed by atoms with van der Waals surface area (Å²) in [5.41, 5.74) is 2.25.